The van der Waals surface area contributed by atoms with Gasteiger partial charge in [-0.25, -0.2) is 0 Å². The van der Waals surface area contributed by atoms with E-state index in [9.17, 15) is 4.79 Å². The quantitative estimate of drug-likeness (QED) is 0.777. The molecule has 1 amide bonds. The van der Waals surface area contributed by atoms with Gasteiger partial charge < -0.3 is 10.6 Å². The van der Waals surface area contributed by atoms with Crippen molar-refractivity contribution in [3.63, 3.8) is 0 Å². The molecule has 0 aromatic heterocycles. The minimum atomic E-state index is 0. The highest BCUT2D eigenvalue weighted by atomic mass is 35.5. The van der Waals surface area contributed by atoms with Gasteiger partial charge in [-0.1, -0.05) is 20.8 Å². The Hall–Kier alpha value is -0.280. The first-order valence-corrected chi connectivity index (χ1v) is 5.91. The lowest BCUT2D eigenvalue weighted by Crippen LogP contribution is -2.34. The largest absolute Gasteiger partial charge is 0.355 e. The molecule has 4 heteroatoms. The van der Waals surface area contributed by atoms with Gasteiger partial charge in [0.2, 0.25) is 5.91 Å². The zero-order valence-corrected chi connectivity index (χ0v) is 11.2. The number of carbonyl (C=O) groups excluding carboxylic acids is 1. The Bertz CT molecular complexity index is 267. The van der Waals surface area contributed by atoms with Gasteiger partial charge in [0.25, 0.3) is 0 Å². The molecule has 1 aliphatic heterocycles. The van der Waals surface area contributed by atoms with E-state index in [1.54, 1.807) is 0 Å². The summed E-state index contributed by atoms with van der Waals surface area (Å²) in [5.74, 6) is 0.559. The lowest BCUT2D eigenvalue weighted by molar-refractivity contribution is -0.123. The molecule has 1 heterocycles. The lowest BCUT2D eigenvalue weighted by atomic mass is 9.96. The molecule has 0 aromatic rings. The van der Waals surface area contributed by atoms with Crippen LogP contribution >= 0.6 is 12.4 Å². The van der Waals surface area contributed by atoms with Gasteiger partial charge in [0.1, 0.15) is 0 Å². The van der Waals surface area contributed by atoms with Crippen molar-refractivity contribution in [1.29, 1.82) is 0 Å². The fraction of sp³-hybridized carbons (Fsp3) is 0.917. The molecule has 2 atom stereocenters. The predicted molar refractivity (Wildman–Crippen MR) is 67.7 cm³/mol. The Morgan fingerprint density at radius 2 is 2.19 bits per heavy atom. The summed E-state index contributed by atoms with van der Waals surface area (Å²) in [7, 11) is 0. The molecule has 0 radical (unpaired) electrons. The highest BCUT2D eigenvalue weighted by molar-refractivity contribution is 5.85. The van der Waals surface area contributed by atoms with Crippen molar-refractivity contribution in [1.82, 2.24) is 10.6 Å². The van der Waals surface area contributed by atoms with Crippen molar-refractivity contribution < 1.29 is 4.79 Å². The first-order chi connectivity index (χ1) is 6.93. The Balaban J connectivity index is 0.00000128. The maximum absolute atomic E-state index is 11.9. The molecule has 0 aromatic carbocycles. The number of halogens is 1. The molecule has 2 rings (SSSR count). The van der Waals surface area contributed by atoms with E-state index in [1.807, 2.05) is 0 Å². The van der Waals surface area contributed by atoms with Crippen LogP contribution in [0.3, 0.4) is 0 Å². The highest BCUT2D eigenvalue weighted by Gasteiger charge is 2.58. The van der Waals surface area contributed by atoms with Gasteiger partial charge in [0, 0.05) is 19.0 Å². The molecule has 3 nitrogen and oxygen atoms in total. The van der Waals surface area contributed by atoms with Gasteiger partial charge in [-0.05, 0) is 30.2 Å². The van der Waals surface area contributed by atoms with Crippen LogP contribution in [-0.2, 0) is 4.79 Å². The van der Waals surface area contributed by atoms with Gasteiger partial charge >= 0.3 is 0 Å². The summed E-state index contributed by atoms with van der Waals surface area (Å²) in [6, 6.07) is 0. The van der Waals surface area contributed by atoms with Crippen LogP contribution in [0.4, 0.5) is 0 Å². The number of carbonyl (C=O) groups is 1. The zero-order chi connectivity index (χ0) is 11.1. The van der Waals surface area contributed by atoms with Crippen LogP contribution in [0.25, 0.3) is 0 Å². The van der Waals surface area contributed by atoms with E-state index in [0.717, 1.165) is 26.1 Å². The first kappa shape index (κ1) is 13.8. The van der Waals surface area contributed by atoms with Gasteiger partial charge in [-0.15, -0.1) is 12.4 Å². The monoisotopic (exact) mass is 246 g/mol. The summed E-state index contributed by atoms with van der Waals surface area (Å²) in [5, 5.41) is 6.42. The van der Waals surface area contributed by atoms with Gasteiger partial charge in [0.15, 0.2) is 0 Å². The van der Waals surface area contributed by atoms with Gasteiger partial charge in [-0.3, -0.25) is 4.79 Å². The van der Waals surface area contributed by atoms with Crippen LogP contribution in [-0.4, -0.2) is 25.5 Å². The third-order valence-electron chi connectivity index (χ3n) is 3.58. The second-order valence-electron chi connectivity index (χ2n) is 6.32. The van der Waals surface area contributed by atoms with E-state index >= 15 is 0 Å². The van der Waals surface area contributed by atoms with Crippen molar-refractivity contribution in [2.75, 3.05) is 19.6 Å². The Kier molecular flexibility index (Phi) is 3.91. The first-order valence-electron chi connectivity index (χ1n) is 5.91. The third kappa shape index (κ3) is 2.89. The fourth-order valence-electron chi connectivity index (χ4n) is 2.43. The van der Waals surface area contributed by atoms with Crippen molar-refractivity contribution in [2.24, 2.45) is 16.7 Å². The smallest absolute Gasteiger partial charge is 0.223 e. The molecular formula is C12H23ClN2O. The average molecular weight is 247 g/mol. The van der Waals surface area contributed by atoms with E-state index < -0.39 is 0 Å². The standard InChI is InChI=1S/C12H22N2O.ClH/c1-11(2,3)7-14-10(15)9-6-12(9)4-5-13-8-12;/h9,13H,4-8H2,1-3H3,(H,14,15);1H. The molecule has 2 aliphatic rings. The van der Waals surface area contributed by atoms with E-state index in [2.05, 4.69) is 31.4 Å². The Labute approximate surface area is 104 Å². The number of amides is 1. The highest BCUT2D eigenvalue weighted by Crippen LogP contribution is 2.56. The summed E-state index contributed by atoms with van der Waals surface area (Å²) in [6.45, 7) is 9.35. The van der Waals surface area contributed by atoms with Crippen molar-refractivity contribution >= 4 is 18.3 Å². The van der Waals surface area contributed by atoms with Crippen LogP contribution in [0, 0.1) is 16.7 Å². The molecule has 2 fully saturated rings. The van der Waals surface area contributed by atoms with Gasteiger partial charge in [-0.2, -0.15) is 0 Å². The topological polar surface area (TPSA) is 41.1 Å². The number of nitrogens with one attached hydrogen (secondary N) is 2. The lowest BCUT2D eigenvalue weighted by Gasteiger charge is -2.19. The van der Waals surface area contributed by atoms with E-state index in [4.69, 9.17) is 0 Å². The molecule has 2 unspecified atom stereocenters. The fourth-order valence-corrected chi connectivity index (χ4v) is 2.43. The van der Waals surface area contributed by atoms with E-state index in [1.165, 1.54) is 6.42 Å². The summed E-state index contributed by atoms with van der Waals surface area (Å²) < 4.78 is 0. The summed E-state index contributed by atoms with van der Waals surface area (Å²) in [4.78, 5) is 11.9. The predicted octanol–water partition coefficient (Wildman–Crippen LogP) is 1.57. The molecule has 0 bridgehead atoms. The molecule has 1 saturated carbocycles. The molecule has 1 saturated heterocycles. The third-order valence-corrected chi connectivity index (χ3v) is 3.58. The minimum absolute atomic E-state index is 0. The maximum atomic E-state index is 11.9. The van der Waals surface area contributed by atoms with Crippen LogP contribution in [0.15, 0.2) is 0 Å². The number of rotatable bonds is 2. The number of hydrogen-bond donors (Lipinski definition) is 2. The van der Waals surface area contributed by atoms with Crippen LogP contribution in [0.1, 0.15) is 33.6 Å². The molecule has 94 valence electrons. The number of hydrogen-bond acceptors (Lipinski definition) is 2. The SMILES string of the molecule is CC(C)(C)CNC(=O)C1CC12CCNC2.Cl. The maximum Gasteiger partial charge on any atom is 0.223 e. The van der Waals surface area contributed by atoms with E-state index in [-0.39, 0.29) is 29.6 Å². The Morgan fingerprint density at radius 3 is 2.69 bits per heavy atom. The summed E-state index contributed by atoms with van der Waals surface area (Å²) >= 11 is 0. The van der Waals surface area contributed by atoms with E-state index in [0.29, 0.717) is 5.41 Å². The van der Waals surface area contributed by atoms with Crippen LogP contribution < -0.4 is 10.6 Å². The summed E-state index contributed by atoms with van der Waals surface area (Å²) in [5.41, 5.74) is 0.521. The second-order valence-corrected chi connectivity index (χ2v) is 6.32. The minimum Gasteiger partial charge on any atom is -0.355 e. The molecule has 1 aliphatic carbocycles. The average Bonchev–Trinajstić information content (AvgIpc) is 2.59. The van der Waals surface area contributed by atoms with Crippen molar-refractivity contribution in [3.8, 4) is 0 Å². The normalized spacial score (nSPS) is 32.3. The zero-order valence-electron chi connectivity index (χ0n) is 10.4. The van der Waals surface area contributed by atoms with Crippen LogP contribution in [0.2, 0.25) is 0 Å². The van der Waals surface area contributed by atoms with Crippen molar-refractivity contribution in [2.45, 2.75) is 33.6 Å². The van der Waals surface area contributed by atoms with Crippen LogP contribution in [0.5, 0.6) is 0 Å². The molecular weight excluding hydrogens is 224 g/mol. The molecule has 1 spiro atoms. The second kappa shape index (κ2) is 4.53. The molecule has 16 heavy (non-hydrogen) atoms. The molecule has 2 N–H and O–H groups in total. The van der Waals surface area contributed by atoms with Gasteiger partial charge in [0.05, 0.1) is 0 Å². The summed E-state index contributed by atoms with van der Waals surface area (Å²) in [6.07, 6.45) is 2.27. The Morgan fingerprint density at radius 1 is 1.50 bits per heavy atom. The van der Waals surface area contributed by atoms with Crippen molar-refractivity contribution in [3.05, 3.63) is 0 Å².